The summed E-state index contributed by atoms with van der Waals surface area (Å²) in [6.07, 6.45) is 1.72. The molecule has 0 unspecified atom stereocenters. The van der Waals surface area contributed by atoms with Gasteiger partial charge in [0.2, 0.25) is 5.91 Å². The zero-order valence-electron chi connectivity index (χ0n) is 18.5. The number of carbonyl (C=O) groups excluding carboxylic acids is 1. The topological polar surface area (TPSA) is 91.2 Å². The molecule has 168 valence electrons. The van der Waals surface area contributed by atoms with Crippen LogP contribution in [0.5, 0.6) is 11.5 Å². The van der Waals surface area contributed by atoms with Gasteiger partial charge in [-0.2, -0.15) is 0 Å². The Hall–Kier alpha value is -3.85. The molecule has 0 saturated heterocycles. The van der Waals surface area contributed by atoms with E-state index in [0.29, 0.717) is 33.9 Å². The van der Waals surface area contributed by atoms with Crippen molar-refractivity contribution in [3.05, 3.63) is 72.4 Å². The first kappa shape index (κ1) is 22.3. The van der Waals surface area contributed by atoms with Crippen LogP contribution in [0.3, 0.4) is 0 Å². The molecule has 0 fully saturated rings. The number of benzene rings is 2. The predicted octanol–water partition coefficient (Wildman–Crippen LogP) is 4.39. The Labute approximate surface area is 196 Å². The lowest BCUT2D eigenvalue weighted by Gasteiger charge is -2.11. The number of ether oxygens (including phenoxy) is 2. The molecule has 0 aliphatic rings. The van der Waals surface area contributed by atoms with Crippen LogP contribution in [0.1, 0.15) is 5.56 Å². The van der Waals surface area contributed by atoms with E-state index in [1.54, 1.807) is 38.6 Å². The number of thioether (sulfide) groups is 1. The van der Waals surface area contributed by atoms with Gasteiger partial charge in [-0.25, -0.2) is 0 Å². The van der Waals surface area contributed by atoms with E-state index in [2.05, 4.69) is 20.5 Å². The van der Waals surface area contributed by atoms with Crippen LogP contribution in [0, 0.1) is 6.92 Å². The summed E-state index contributed by atoms with van der Waals surface area (Å²) in [4.78, 5) is 17.0. The smallest absolute Gasteiger partial charge is 0.234 e. The second kappa shape index (κ2) is 10.2. The van der Waals surface area contributed by atoms with Crippen molar-refractivity contribution >= 4 is 23.4 Å². The van der Waals surface area contributed by atoms with Gasteiger partial charge in [0.25, 0.3) is 0 Å². The Morgan fingerprint density at radius 2 is 1.79 bits per heavy atom. The van der Waals surface area contributed by atoms with Crippen molar-refractivity contribution in [3.63, 3.8) is 0 Å². The maximum Gasteiger partial charge on any atom is 0.234 e. The molecule has 0 radical (unpaired) electrons. The molecule has 0 aliphatic carbocycles. The van der Waals surface area contributed by atoms with Crippen LogP contribution in [0.4, 0.5) is 5.69 Å². The van der Waals surface area contributed by atoms with Crippen LogP contribution in [-0.4, -0.2) is 45.6 Å². The summed E-state index contributed by atoms with van der Waals surface area (Å²) in [5, 5.41) is 12.2. The van der Waals surface area contributed by atoms with Crippen molar-refractivity contribution in [1.29, 1.82) is 0 Å². The van der Waals surface area contributed by atoms with Crippen LogP contribution in [0.15, 0.2) is 72.0 Å². The van der Waals surface area contributed by atoms with E-state index < -0.39 is 0 Å². The zero-order valence-corrected chi connectivity index (χ0v) is 19.3. The van der Waals surface area contributed by atoms with Gasteiger partial charge in [0.15, 0.2) is 22.5 Å². The fourth-order valence-corrected chi connectivity index (χ4v) is 3.94. The maximum absolute atomic E-state index is 12.6. The Balaban J connectivity index is 1.55. The molecule has 4 aromatic rings. The number of aryl methyl sites for hydroxylation is 1. The summed E-state index contributed by atoms with van der Waals surface area (Å²) < 4.78 is 12.4. The van der Waals surface area contributed by atoms with Gasteiger partial charge in [-0.1, -0.05) is 35.5 Å². The van der Waals surface area contributed by atoms with E-state index in [1.165, 1.54) is 11.8 Å². The number of nitrogens with zero attached hydrogens (tertiary/aromatic N) is 4. The van der Waals surface area contributed by atoms with Crippen LogP contribution in [0.25, 0.3) is 17.2 Å². The SMILES string of the molecule is COc1ccc(NC(=O)CSc2nnc(-c3ccccn3)n2-c2ccc(C)cc2)cc1OC. The largest absolute Gasteiger partial charge is 0.493 e. The molecule has 2 aromatic heterocycles. The monoisotopic (exact) mass is 461 g/mol. The lowest BCUT2D eigenvalue weighted by atomic mass is 10.2. The normalized spacial score (nSPS) is 10.6. The van der Waals surface area contributed by atoms with Crippen molar-refractivity contribution in [1.82, 2.24) is 19.7 Å². The van der Waals surface area contributed by atoms with Crippen LogP contribution in [-0.2, 0) is 4.79 Å². The Morgan fingerprint density at radius 1 is 1.00 bits per heavy atom. The molecule has 4 rings (SSSR count). The number of nitrogens with one attached hydrogen (secondary N) is 1. The number of anilines is 1. The fraction of sp³-hybridized carbons (Fsp3) is 0.167. The molecule has 2 aromatic carbocycles. The van der Waals surface area contributed by atoms with Gasteiger partial charge >= 0.3 is 0 Å². The number of aromatic nitrogens is 4. The van der Waals surface area contributed by atoms with E-state index >= 15 is 0 Å². The quantitative estimate of drug-likeness (QED) is 0.389. The molecule has 1 amide bonds. The highest BCUT2D eigenvalue weighted by atomic mass is 32.2. The Bertz CT molecular complexity index is 1240. The zero-order chi connectivity index (χ0) is 23.2. The molecule has 0 atom stereocenters. The van der Waals surface area contributed by atoms with Crippen molar-refractivity contribution in [2.45, 2.75) is 12.1 Å². The number of rotatable bonds is 8. The minimum atomic E-state index is -0.176. The van der Waals surface area contributed by atoms with Gasteiger partial charge in [-0.3, -0.25) is 14.3 Å². The summed E-state index contributed by atoms with van der Waals surface area (Å²) in [5.74, 6) is 1.73. The van der Waals surface area contributed by atoms with Gasteiger partial charge in [0, 0.05) is 23.6 Å². The van der Waals surface area contributed by atoms with Crippen molar-refractivity contribution in [2.75, 3.05) is 25.3 Å². The lowest BCUT2D eigenvalue weighted by Crippen LogP contribution is -2.14. The first-order valence-corrected chi connectivity index (χ1v) is 11.2. The minimum absolute atomic E-state index is 0.153. The maximum atomic E-state index is 12.6. The second-order valence-electron chi connectivity index (χ2n) is 7.10. The summed E-state index contributed by atoms with van der Waals surface area (Å²) >= 11 is 1.30. The molecule has 2 heterocycles. The van der Waals surface area contributed by atoms with Gasteiger partial charge in [0.05, 0.1) is 20.0 Å². The van der Waals surface area contributed by atoms with Crippen molar-refractivity contribution in [2.24, 2.45) is 0 Å². The summed E-state index contributed by atoms with van der Waals surface area (Å²) in [6.45, 7) is 2.03. The first-order chi connectivity index (χ1) is 16.1. The third-order valence-corrected chi connectivity index (χ3v) is 5.75. The molecule has 33 heavy (non-hydrogen) atoms. The van der Waals surface area contributed by atoms with Gasteiger partial charge in [-0.15, -0.1) is 10.2 Å². The van der Waals surface area contributed by atoms with E-state index in [1.807, 2.05) is 54.0 Å². The highest BCUT2D eigenvalue weighted by Crippen LogP contribution is 2.30. The molecule has 0 aliphatic heterocycles. The number of carbonyl (C=O) groups is 1. The summed E-state index contributed by atoms with van der Waals surface area (Å²) in [5.41, 5.74) is 3.36. The Morgan fingerprint density at radius 3 is 2.48 bits per heavy atom. The summed E-state index contributed by atoms with van der Waals surface area (Å²) in [7, 11) is 3.12. The number of hydrogen-bond donors (Lipinski definition) is 1. The average Bonchev–Trinajstić information content (AvgIpc) is 3.27. The number of pyridine rings is 1. The van der Waals surface area contributed by atoms with Crippen LogP contribution < -0.4 is 14.8 Å². The van der Waals surface area contributed by atoms with Crippen LogP contribution in [0.2, 0.25) is 0 Å². The highest BCUT2D eigenvalue weighted by Gasteiger charge is 2.18. The standard InChI is InChI=1S/C24H23N5O3S/c1-16-7-10-18(11-8-16)29-23(19-6-4-5-13-25-19)27-28-24(29)33-15-22(30)26-17-9-12-20(31-2)21(14-17)32-3/h4-14H,15H2,1-3H3,(H,26,30). The third kappa shape index (κ3) is 5.15. The van der Waals surface area contributed by atoms with E-state index in [4.69, 9.17) is 9.47 Å². The molecule has 1 N–H and O–H groups in total. The first-order valence-electron chi connectivity index (χ1n) is 10.2. The number of methoxy groups -OCH3 is 2. The van der Waals surface area contributed by atoms with Gasteiger partial charge < -0.3 is 14.8 Å². The molecule has 9 heteroatoms. The molecule has 0 spiro atoms. The van der Waals surface area contributed by atoms with E-state index in [0.717, 1.165) is 11.3 Å². The third-order valence-electron chi connectivity index (χ3n) is 4.82. The van der Waals surface area contributed by atoms with Crippen LogP contribution >= 0.6 is 11.8 Å². The lowest BCUT2D eigenvalue weighted by molar-refractivity contribution is -0.113. The summed E-state index contributed by atoms with van der Waals surface area (Å²) in [6, 6.07) is 18.9. The fourth-order valence-electron chi connectivity index (χ4n) is 3.19. The molecule has 8 nitrogen and oxygen atoms in total. The number of hydrogen-bond acceptors (Lipinski definition) is 7. The number of amides is 1. The second-order valence-corrected chi connectivity index (χ2v) is 8.04. The molecular weight excluding hydrogens is 438 g/mol. The van der Waals surface area contributed by atoms with Gasteiger partial charge in [-0.05, 0) is 43.3 Å². The molecular formula is C24H23N5O3S. The predicted molar refractivity (Wildman–Crippen MR) is 128 cm³/mol. The minimum Gasteiger partial charge on any atom is -0.493 e. The van der Waals surface area contributed by atoms with Crippen molar-refractivity contribution < 1.29 is 14.3 Å². The van der Waals surface area contributed by atoms with Crippen molar-refractivity contribution in [3.8, 4) is 28.7 Å². The van der Waals surface area contributed by atoms with E-state index in [-0.39, 0.29) is 11.7 Å². The average molecular weight is 462 g/mol. The Kier molecular flexibility index (Phi) is 6.89. The molecule has 0 saturated carbocycles. The molecule has 0 bridgehead atoms. The van der Waals surface area contributed by atoms with E-state index in [9.17, 15) is 4.79 Å². The van der Waals surface area contributed by atoms with Gasteiger partial charge in [0.1, 0.15) is 5.69 Å². The highest BCUT2D eigenvalue weighted by molar-refractivity contribution is 7.99.